The van der Waals surface area contributed by atoms with Crippen molar-refractivity contribution in [3.8, 4) is 0 Å². The van der Waals surface area contributed by atoms with E-state index in [1.807, 2.05) is 4.90 Å². The number of nitrogens with zero attached hydrogens (tertiary/aromatic N) is 2. The summed E-state index contributed by atoms with van der Waals surface area (Å²) < 4.78 is 4.81. The van der Waals surface area contributed by atoms with Crippen molar-refractivity contribution < 1.29 is 14.1 Å². The van der Waals surface area contributed by atoms with Gasteiger partial charge in [-0.1, -0.05) is 24.4 Å². The molecule has 0 unspecified atom stereocenters. The molecule has 0 radical (unpaired) electrons. The number of anilines is 1. The van der Waals surface area contributed by atoms with Gasteiger partial charge in [0.15, 0.2) is 5.82 Å². The molecule has 158 valence electrons. The first kappa shape index (κ1) is 19.1. The lowest BCUT2D eigenvalue weighted by Gasteiger charge is -2.56. The number of nitrogens with one attached hydrogen (secondary N) is 1. The van der Waals surface area contributed by atoms with Crippen LogP contribution in [0.25, 0.3) is 0 Å². The van der Waals surface area contributed by atoms with E-state index >= 15 is 0 Å². The molecular weight excluding hydrogens is 366 g/mol. The van der Waals surface area contributed by atoms with Crippen molar-refractivity contribution in [2.75, 3.05) is 18.4 Å². The zero-order valence-electron chi connectivity index (χ0n) is 17.3. The summed E-state index contributed by atoms with van der Waals surface area (Å²) in [6.45, 7) is 0.858. The maximum absolute atomic E-state index is 13.9. The molecule has 5 saturated carbocycles. The topological polar surface area (TPSA) is 75.4 Å². The molecule has 5 aliphatic carbocycles. The molecule has 5 aliphatic rings. The van der Waals surface area contributed by atoms with E-state index in [1.54, 1.807) is 6.07 Å². The van der Waals surface area contributed by atoms with Crippen LogP contribution in [0, 0.1) is 29.1 Å². The molecule has 1 aromatic heterocycles. The minimum atomic E-state index is -0.197. The Balaban J connectivity index is 1.32. The van der Waals surface area contributed by atoms with Gasteiger partial charge in [-0.15, -0.1) is 0 Å². The third kappa shape index (κ3) is 3.95. The van der Waals surface area contributed by atoms with Gasteiger partial charge in [-0.2, -0.15) is 0 Å². The fourth-order valence-electron chi connectivity index (χ4n) is 7.24. The molecule has 0 spiro atoms. The zero-order chi connectivity index (χ0) is 19.8. The lowest BCUT2D eigenvalue weighted by Crippen LogP contribution is -2.56. The number of hydrogen-bond donors (Lipinski definition) is 1. The molecule has 6 nitrogen and oxygen atoms in total. The molecule has 2 amide bonds. The summed E-state index contributed by atoms with van der Waals surface area (Å²) in [5.41, 5.74) is -0.197. The first-order valence-corrected chi connectivity index (χ1v) is 11.6. The molecule has 1 aromatic rings. The summed E-state index contributed by atoms with van der Waals surface area (Å²) in [7, 11) is 0. The highest BCUT2D eigenvalue weighted by molar-refractivity contribution is 5.94. The minimum absolute atomic E-state index is 0.129. The number of carbonyl (C=O) groups is 2. The van der Waals surface area contributed by atoms with Gasteiger partial charge in [0.25, 0.3) is 0 Å². The molecular formula is C23H33N3O3. The van der Waals surface area contributed by atoms with Gasteiger partial charge < -0.3 is 14.7 Å². The van der Waals surface area contributed by atoms with Crippen LogP contribution in [0.1, 0.15) is 70.6 Å². The van der Waals surface area contributed by atoms with Gasteiger partial charge >= 0.3 is 0 Å². The van der Waals surface area contributed by atoms with Gasteiger partial charge in [-0.25, -0.2) is 0 Å². The Morgan fingerprint density at radius 3 is 2.31 bits per heavy atom. The third-order valence-corrected chi connectivity index (χ3v) is 8.02. The Morgan fingerprint density at radius 2 is 1.72 bits per heavy atom. The molecule has 5 fully saturated rings. The molecule has 1 N–H and O–H groups in total. The number of amides is 2. The van der Waals surface area contributed by atoms with Crippen LogP contribution < -0.4 is 5.32 Å². The van der Waals surface area contributed by atoms with Crippen LogP contribution in [0.3, 0.4) is 0 Å². The molecule has 0 aliphatic heterocycles. The molecule has 29 heavy (non-hydrogen) atoms. The highest BCUT2D eigenvalue weighted by atomic mass is 16.5. The maximum Gasteiger partial charge on any atom is 0.245 e. The SMILES string of the molecule is O=C(CN(CC1CCCCC1)C(=O)C12CC3CC(CC(C3)C1)C2)Nc1ccon1. The molecule has 0 aromatic carbocycles. The van der Waals surface area contributed by atoms with Gasteiger partial charge in [0.05, 0.1) is 12.0 Å². The number of aromatic nitrogens is 1. The van der Waals surface area contributed by atoms with E-state index in [0.29, 0.717) is 11.7 Å². The third-order valence-electron chi connectivity index (χ3n) is 8.02. The predicted molar refractivity (Wildman–Crippen MR) is 109 cm³/mol. The van der Waals surface area contributed by atoms with E-state index < -0.39 is 0 Å². The highest BCUT2D eigenvalue weighted by Gasteiger charge is 2.55. The molecule has 6 heteroatoms. The second kappa shape index (κ2) is 7.77. The predicted octanol–water partition coefficient (Wildman–Crippen LogP) is 4.24. The number of hydrogen-bond acceptors (Lipinski definition) is 4. The Bertz CT molecular complexity index is 703. The molecule has 6 rings (SSSR count). The largest absolute Gasteiger partial charge is 0.363 e. The van der Waals surface area contributed by atoms with Gasteiger partial charge in [-0.05, 0) is 75.0 Å². The first-order chi connectivity index (χ1) is 14.1. The van der Waals surface area contributed by atoms with E-state index in [2.05, 4.69) is 10.5 Å². The van der Waals surface area contributed by atoms with Gasteiger partial charge in [0, 0.05) is 12.6 Å². The van der Waals surface area contributed by atoms with Crippen LogP contribution in [0.2, 0.25) is 0 Å². The van der Waals surface area contributed by atoms with Crippen LogP contribution in [-0.4, -0.2) is 35.0 Å². The van der Waals surface area contributed by atoms with Crippen molar-refractivity contribution in [3.63, 3.8) is 0 Å². The average molecular weight is 400 g/mol. The van der Waals surface area contributed by atoms with Crippen molar-refractivity contribution in [1.29, 1.82) is 0 Å². The Labute approximate surface area is 172 Å². The molecule has 0 atom stereocenters. The Kier molecular flexibility index (Phi) is 5.12. The van der Waals surface area contributed by atoms with Crippen molar-refractivity contribution in [2.24, 2.45) is 29.1 Å². The van der Waals surface area contributed by atoms with E-state index in [4.69, 9.17) is 4.52 Å². The smallest absolute Gasteiger partial charge is 0.245 e. The summed E-state index contributed by atoms with van der Waals surface area (Å²) >= 11 is 0. The van der Waals surface area contributed by atoms with Crippen LogP contribution >= 0.6 is 0 Å². The monoisotopic (exact) mass is 399 g/mol. The van der Waals surface area contributed by atoms with Crippen molar-refractivity contribution in [2.45, 2.75) is 70.6 Å². The second-order valence-electron chi connectivity index (χ2n) is 10.3. The van der Waals surface area contributed by atoms with Gasteiger partial charge in [0.1, 0.15) is 6.26 Å². The quantitative estimate of drug-likeness (QED) is 0.776. The van der Waals surface area contributed by atoms with Crippen LogP contribution in [0.15, 0.2) is 16.9 Å². The van der Waals surface area contributed by atoms with E-state index in [0.717, 1.165) is 43.6 Å². The lowest BCUT2D eigenvalue weighted by atomic mass is 9.49. The Hall–Kier alpha value is -1.85. The van der Waals surface area contributed by atoms with E-state index in [1.165, 1.54) is 57.6 Å². The van der Waals surface area contributed by atoms with Crippen molar-refractivity contribution in [1.82, 2.24) is 10.1 Å². The number of carbonyl (C=O) groups excluding carboxylic acids is 2. The summed E-state index contributed by atoms with van der Waals surface area (Å²) in [5, 5.41) is 6.55. The normalized spacial score (nSPS) is 33.6. The summed E-state index contributed by atoms with van der Waals surface area (Å²) in [6, 6.07) is 1.63. The number of rotatable bonds is 6. The van der Waals surface area contributed by atoms with E-state index in [-0.39, 0.29) is 23.8 Å². The standard InChI is InChI=1S/C23H33N3O3/c27-21(24-20-6-7-29-25-20)15-26(14-16-4-2-1-3-5-16)22(28)23-11-17-8-18(12-23)10-19(9-17)13-23/h6-7,16-19H,1-5,8-15H2,(H,24,25,27). The molecule has 1 heterocycles. The summed E-state index contributed by atoms with van der Waals surface area (Å²) in [5.74, 6) is 3.21. The van der Waals surface area contributed by atoms with Crippen LogP contribution in [-0.2, 0) is 9.59 Å². The van der Waals surface area contributed by atoms with Crippen molar-refractivity contribution >= 4 is 17.6 Å². The van der Waals surface area contributed by atoms with Crippen molar-refractivity contribution in [3.05, 3.63) is 12.3 Å². The first-order valence-electron chi connectivity index (χ1n) is 11.6. The summed E-state index contributed by atoms with van der Waals surface area (Å²) in [4.78, 5) is 28.5. The van der Waals surface area contributed by atoms with Crippen LogP contribution in [0.5, 0.6) is 0 Å². The van der Waals surface area contributed by atoms with Crippen LogP contribution in [0.4, 0.5) is 5.82 Å². The fourth-order valence-corrected chi connectivity index (χ4v) is 7.24. The zero-order valence-corrected chi connectivity index (χ0v) is 17.3. The molecule has 0 saturated heterocycles. The lowest BCUT2D eigenvalue weighted by molar-refractivity contribution is -0.159. The highest BCUT2D eigenvalue weighted by Crippen LogP contribution is 2.60. The average Bonchev–Trinajstić information content (AvgIpc) is 3.19. The minimum Gasteiger partial charge on any atom is -0.363 e. The maximum atomic E-state index is 13.9. The fraction of sp³-hybridized carbons (Fsp3) is 0.783. The van der Waals surface area contributed by atoms with Gasteiger partial charge in [0.2, 0.25) is 11.8 Å². The summed E-state index contributed by atoms with van der Waals surface area (Å²) in [6.07, 6.45) is 14.7. The van der Waals surface area contributed by atoms with Gasteiger partial charge in [-0.3, -0.25) is 9.59 Å². The van der Waals surface area contributed by atoms with E-state index in [9.17, 15) is 9.59 Å². The Morgan fingerprint density at radius 1 is 1.07 bits per heavy atom. The second-order valence-corrected chi connectivity index (χ2v) is 10.3. The molecule has 4 bridgehead atoms.